The maximum absolute atomic E-state index is 12.2. The number of hydrogen-bond acceptors (Lipinski definition) is 4. The number of aromatic nitrogens is 2. The highest BCUT2D eigenvalue weighted by molar-refractivity contribution is 5.85. The first-order chi connectivity index (χ1) is 10.0. The monoisotopic (exact) mass is 322 g/mol. The van der Waals surface area contributed by atoms with Gasteiger partial charge in [-0.15, -0.1) is 12.4 Å². The number of rotatable bonds is 2. The Morgan fingerprint density at radius 3 is 2.68 bits per heavy atom. The van der Waals surface area contributed by atoms with Gasteiger partial charge >= 0.3 is 0 Å². The molecule has 2 atom stereocenters. The van der Waals surface area contributed by atoms with Gasteiger partial charge in [-0.2, -0.15) is 0 Å². The SMILES string of the molecule is Cc1cccn2c(=O)cc(CN3CC(C)NC(C)C3)nc12.Cl. The molecule has 2 unspecified atom stereocenters. The van der Waals surface area contributed by atoms with Gasteiger partial charge in [0.1, 0.15) is 5.65 Å². The smallest absolute Gasteiger partial charge is 0.258 e. The largest absolute Gasteiger partial charge is 0.309 e. The van der Waals surface area contributed by atoms with Crippen molar-refractivity contribution in [2.45, 2.75) is 39.4 Å². The number of halogens is 1. The average molecular weight is 323 g/mol. The Bertz CT molecular complexity index is 705. The zero-order valence-electron chi connectivity index (χ0n) is 13.2. The van der Waals surface area contributed by atoms with Crippen molar-refractivity contribution in [2.24, 2.45) is 0 Å². The van der Waals surface area contributed by atoms with Gasteiger partial charge in [-0.3, -0.25) is 14.1 Å². The molecule has 1 saturated heterocycles. The van der Waals surface area contributed by atoms with E-state index in [2.05, 4.69) is 29.0 Å². The van der Waals surface area contributed by atoms with Crippen LogP contribution < -0.4 is 10.9 Å². The van der Waals surface area contributed by atoms with Crippen LogP contribution in [0.2, 0.25) is 0 Å². The maximum atomic E-state index is 12.2. The van der Waals surface area contributed by atoms with Crippen molar-refractivity contribution < 1.29 is 0 Å². The molecule has 120 valence electrons. The van der Waals surface area contributed by atoms with Gasteiger partial charge in [-0.05, 0) is 32.4 Å². The third-order valence-electron chi connectivity index (χ3n) is 3.96. The van der Waals surface area contributed by atoms with Crippen LogP contribution in [0.5, 0.6) is 0 Å². The molecule has 1 N–H and O–H groups in total. The minimum absolute atomic E-state index is 0. The van der Waals surface area contributed by atoms with E-state index in [1.54, 1.807) is 16.7 Å². The van der Waals surface area contributed by atoms with Crippen LogP contribution in [0.25, 0.3) is 5.65 Å². The van der Waals surface area contributed by atoms with Gasteiger partial charge in [0.25, 0.3) is 5.56 Å². The van der Waals surface area contributed by atoms with Gasteiger partial charge in [0, 0.05) is 44.0 Å². The van der Waals surface area contributed by atoms with E-state index in [1.165, 1.54) is 0 Å². The summed E-state index contributed by atoms with van der Waals surface area (Å²) in [6, 6.07) is 6.46. The molecule has 0 amide bonds. The summed E-state index contributed by atoms with van der Waals surface area (Å²) in [6.45, 7) is 9.07. The molecule has 3 rings (SSSR count). The molecule has 0 aliphatic carbocycles. The minimum atomic E-state index is -0.00469. The predicted octanol–water partition coefficient (Wildman–Crippen LogP) is 1.61. The highest BCUT2D eigenvalue weighted by atomic mass is 35.5. The maximum Gasteiger partial charge on any atom is 0.258 e. The summed E-state index contributed by atoms with van der Waals surface area (Å²) >= 11 is 0. The molecule has 1 aliphatic rings. The molecule has 1 fully saturated rings. The van der Waals surface area contributed by atoms with Crippen LogP contribution in [0.15, 0.2) is 29.2 Å². The summed E-state index contributed by atoms with van der Waals surface area (Å²) < 4.78 is 1.61. The number of nitrogens with one attached hydrogen (secondary N) is 1. The van der Waals surface area contributed by atoms with E-state index in [1.807, 2.05) is 19.1 Å². The fourth-order valence-electron chi connectivity index (χ4n) is 3.19. The van der Waals surface area contributed by atoms with Crippen LogP contribution in [0.4, 0.5) is 0 Å². The van der Waals surface area contributed by atoms with Gasteiger partial charge < -0.3 is 5.32 Å². The molecule has 0 aromatic carbocycles. The molecule has 2 aromatic rings. The van der Waals surface area contributed by atoms with E-state index >= 15 is 0 Å². The second-order valence-corrected chi connectivity index (χ2v) is 6.13. The van der Waals surface area contributed by atoms with Crippen molar-refractivity contribution in [3.63, 3.8) is 0 Å². The Labute approximate surface area is 136 Å². The molecule has 6 heteroatoms. The number of piperazine rings is 1. The van der Waals surface area contributed by atoms with Crippen molar-refractivity contribution >= 4 is 18.1 Å². The lowest BCUT2D eigenvalue weighted by Gasteiger charge is -2.35. The minimum Gasteiger partial charge on any atom is -0.309 e. The fraction of sp³-hybridized carbons (Fsp3) is 0.500. The van der Waals surface area contributed by atoms with E-state index in [9.17, 15) is 4.79 Å². The van der Waals surface area contributed by atoms with Crippen molar-refractivity contribution in [2.75, 3.05) is 13.1 Å². The first-order valence-corrected chi connectivity index (χ1v) is 7.49. The van der Waals surface area contributed by atoms with Gasteiger partial charge in [-0.25, -0.2) is 4.98 Å². The Balaban J connectivity index is 0.00000176. The summed E-state index contributed by atoms with van der Waals surface area (Å²) in [5.41, 5.74) is 2.64. The third kappa shape index (κ3) is 3.48. The average Bonchev–Trinajstić information content (AvgIpc) is 2.39. The second kappa shape index (κ2) is 6.77. The summed E-state index contributed by atoms with van der Waals surface area (Å²) in [7, 11) is 0. The van der Waals surface area contributed by atoms with E-state index in [0.29, 0.717) is 12.1 Å². The van der Waals surface area contributed by atoms with Crippen molar-refractivity contribution in [1.82, 2.24) is 19.6 Å². The summed E-state index contributed by atoms with van der Waals surface area (Å²) in [5, 5.41) is 3.52. The Morgan fingerprint density at radius 2 is 2.00 bits per heavy atom. The van der Waals surface area contributed by atoms with E-state index in [0.717, 1.165) is 36.5 Å². The first kappa shape index (κ1) is 16.9. The second-order valence-electron chi connectivity index (χ2n) is 6.13. The molecule has 0 saturated carbocycles. The van der Waals surface area contributed by atoms with Crippen LogP contribution >= 0.6 is 12.4 Å². The summed E-state index contributed by atoms with van der Waals surface area (Å²) in [4.78, 5) is 19.3. The van der Waals surface area contributed by atoms with Crippen molar-refractivity contribution in [1.29, 1.82) is 0 Å². The zero-order chi connectivity index (χ0) is 15.0. The lowest BCUT2D eigenvalue weighted by Crippen LogP contribution is -2.53. The topological polar surface area (TPSA) is 49.6 Å². The van der Waals surface area contributed by atoms with E-state index in [4.69, 9.17) is 0 Å². The molecule has 0 radical (unpaired) electrons. The lowest BCUT2D eigenvalue weighted by molar-refractivity contribution is 0.165. The molecule has 5 nitrogen and oxygen atoms in total. The number of pyridine rings is 1. The Morgan fingerprint density at radius 1 is 1.32 bits per heavy atom. The first-order valence-electron chi connectivity index (χ1n) is 7.49. The molecule has 0 spiro atoms. The lowest BCUT2D eigenvalue weighted by atomic mass is 10.1. The normalized spacial score (nSPS) is 22.5. The third-order valence-corrected chi connectivity index (χ3v) is 3.96. The zero-order valence-corrected chi connectivity index (χ0v) is 14.1. The van der Waals surface area contributed by atoms with Crippen LogP contribution in [-0.2, 0) is 6.54 Å². The molecule has 0 bridgehead atoms. The van der Waals surface area contributed by atoms with Gasteiger partial charge in [0.05, 0.1) is 5.69 Å². The molecular formula is C16H23ClN4O. The number of nitrogens with zero attached hydrogens (tertiary/aromatic N) is 3. The van der Waals surface area contributed by atoms with Gasteiger partial charge in [0.2, 0.25) is 0 Å². The number of aryl methyl sites for hydroxylation is 1. The quantitative estimate of drug-likeness (QED) is 0.912. The standard InChI is InChI=1S/C16H22N4O.ClH/c1-11-5-4-6-20-15(21)7-14(18-16(11)20)10-19-8-12(2)17-13(3)9-19;/h4-7,12-13,17H,8-10H2,1-3H3;1H. The highest BCUT2D eigenvalue weighted by Gasteiger charge is 2.21. The Kier molecular flexibility index (Phi) is 5.21. The van der Waals surface area contributed by atoms with Gasteiger partial charge in [-0.1, -0.05) is 6.07 Å². The van der Waals surface area contributed by atoms with Crippen LogP contribution in [0, 0.1) is 6.92 Å². The fourth-order valence-corrected chi connectivity index (χ4v) is 3.19. The molecular weight excluding hydrogens is 300 g/mol. The summed E-state index contributed by atoms with van der Waals surface area (Å²) in [5.74, 6) is 0. The van der Waals surface area contributed by atoms with E-state index in [-0.39, 0.29) is 18.0 Å². The van der Waals surface area contributed by atoms with Crippen LogP contribution in [0.1, 0.15) is 25.1 Å². The molecule has 3 heterocycles. The summed E-state index contributed by atoms with van der Waals surface area (Å²) in [6.07, 6.45) is 1.77. The number of hydrogen-bond donors (Lipinski definition) is 1. The predicted molar refractivity (Wildman–Crippen MR) is 90.8 cm³/mol. The number of fused-ring (bicyclic) bond motifs is 1. The molecule has 2 aromatic heterocycles. The van der Waals surface area contributed by atoms with Crippen molar-refractivity contribution in [3.05, 3.63) is 46.0 Å². The highest BCUT2D eigenvalue weighted by Crippen LogP contribution is 2.10. The van der Waals surface area contributed by atoms with Crippen LogP contribution in [-0.4, -0.2) is 39.5 Å². The van der Waals surface area contributed by atoms with Crippen LogP contribution in [0.3, 0.4) is 0 Å². The molecule has 1 aliphatic heterocycles. The van der Waals surface area contributed by atoms with E-state index < -0.39 is 0 Å². The van der Waals surface area contributed by atoms with Crippen molar-refractivity contribution in [3.8, 4) is 0 Å². The van der Waals surface area contributed by atoms with Gasteiger partial charge in [0.15, 0.2) is 0 Å². The molecule has 22 heavy (non-hydrogen) atoms. The Hall–Kier alpha value is -1.43.